The molecular weight excluding hydrogens is 408 g/mol. The highest BCUT2D eigenvalue weighted by Crippen LogP contribution is 2.44. The normalized spacial score (nSPS) is 15.0. The first-order valence-electron chi connectivity index (χ1n) is 10.4. The Balaban J connectivity index is 1.18. The highest BCUT2D eigenvalue weighted by Gasteiger charge is 2.36. The van der Waals surface area contributed by atoms with E-state index >= 15 is 0 Å². The highest BCUT2D eigenvalue weighted by atomic mass is 16.6. The van der Waals surface area contributed by atoms with Gasteiger partial charge < -0.3 is 19.6 Å². The van der Waals surface area contributed by atoms with Gasteiger partial charge in [0.05, 0.1) is 11.6 Å². The fraction of sp³-hybridized carbons (Fsp3) is 0.250. The number of anilines is 1. The van der Waals surface area contributed by atoms with E-state index in [1.54, 1.807) is 4.90 Å². The molecule has 1 saturated heterocycles. The number of nitrogens with zero attached hydrogens (tertiary/aromatic N) is 4. The van der Waals surface area contributed by atoms with Crippen LogP contribution in [0.2, 0.25) is 0 Å². The molecule has 1 aliphatic carbocycles. The second-order valence-corrected chi connectivity index (χ2v) is 8.05. The summed E-state index contributed by atoms with van der Waals surface area (Å²) in [5.74, 6) is -0.608. The molecule has 0 atom stereocenters. The number of ether oxygens (including phenoxy) is 1. The van der Waals surface area contributed by atoms with Crippen LogP contribution in [0.3, 0.4) is 0 Å². The molecule has 1 amide bonds. The van der Waals surface area contributed by atoms with Gasteiger partial charge in [-0.15, -0.1) is 0 Å². The van der Waals surface area contributed by atoms with Crippen molar-refractivity contribution >= 4 is 18.0 Å². The third-order valence-electron chi connectivity index (χ3n) is 6.20. The van der Waals surface area contributed by atoms with Gasteiger partial charge in [0.15, 0.2) is 0 Å². The van der Waals surface area contributed by atoms with Crippen LogP contribution in [0.4, 0.5) is 10.7 Å². The quantitative estimate of drug-likeness (QED) is 0.664. The molecule has 162 valence electrons. The van der Waals surface area contributed by atoms with E-state index in [1.165, 1.54) is 34.6 Å². The molecule has 0 spiro atoms. The van der Waals surface area contributed by atoms with Crippen LogP contribution < -0.4 is 4.90 Å². The van der Waals surface area contributed by atoms with Gasteiger partial charge in [0.25, 0.3) is 0 Å². The first-order chi connectivity index (χ1) is 15.5. The number of likely N-dealkylation sites (N-methyl/N-ethyl adjacent to an activating group) is 1. The van der Waals surface area contributed by atoms with Gasteiger partial charge in [-0.2, -0.15) is 0 Å². The predicted molar refractivity (Wildman–Crippen MR) is 118 cm³/mol. The molecule has 3 aromatic rings. The smallest absolute Gasteiger partial charge is 0.409 e. The monoisotopic (exact) mass is 430 g/mol. The molecule has 2 heterocycles. The molecule has 5 rings (SSSR count). The minimum atomic E-state index is -1.07. The Morgan fingerprint density at radius 1 is 1.03 bits per heavy atom. The molecule has 0 radical (unpaired) electrons. The summed E-state index contributed by atoms with van der Waals surface area (Å²) in [6, 6.07) is 16.5. The average Bonchev–Trinajstić information content (AvgIpc) is 3.10. The van der Waals surface area contributed by atoms with E-state index in [4.69, 9.17) is 9.84 Å². The molecular formula is C24H22N4O4. The van der Waals surface area contributed by atoms with Gasteiger partial charge in [0.1, 0.15) is 6.61 Å². The summed E-state index contributed by atoms with van der Waals surface area (Å²) in [5.41, 5.74) is 4.80. The van der Waals surface area contributed by atoms with Crippen LogP contribution in [-0.4, -0.2) is 64.8 Å². The number of aromatic carboxylic acids is 1. The van der Waals surface area contributed by atoms with E-state index in [0.717, 1.165) is 0 Å². The Kier molecular flexibility index (Phi) is 4.97. The third kappa shape index (κ3) is 3.43. The first-order valence-corrected chi connectivity index (χ1v) is 10.4. The maximum atomic E-state index is 12.6. The van der Waals surface area contributed by atoms with Crippen molar-refractivity contribution in [3.05, 3.63) is 77.6 Å². The number of carbonyl (C=O) groups is 2. The number of carboxylic acids is 1. The van der Waals surface area contributed by atoms with Crippen molar-refractivity contribution in [2.24, 2.45) is 0 Å². The number of amides is 1. The second-order valence-electron chi connectivity index (χ2n) is 8.05. The SMILES string of the molecule is CN(c1ncc(C(=O)O)cn1)C1CN(C(=O)OCC2c3ccccc3-c3ccccc32)C1. The minimum Gasteiger partial charge on any atom is -0.478 e. The lowest BCUT2D eigenvalue weighted by Crippen LogP contribution is -2.60. The van der Waals surface area contributed by atoms with E-state index in [0.29, 0.717) is 25.6 Å². The number of likely N-dealkylation sites (tertiary alicyclic amines) is 1. The van der Waals surface area contributed by atoms with Crippen molar-refractivity contribution in [2.45, 2.75) is 12.0 Å². The number of fused-ring (bicyclic) bond motifs is 3. The zero-order valence-corrected chi connectivity index (χ0v) is 17.5. The van der Waals surface area contributed by atoms with Crippen molar-refractivity contribution < 1.29 is 19.4 Å². The molecule has 2 aliphatic rings. The third-order valence-corrected chi connectivity index (χ3v) is 6.20. The fourth-order valence-corrected chi connectivity index (χ4v) is 4.31. The highest BCUT2D eigenvalue weighted by molar-refractivity contribution is 5.86. The van der Waals surface area contributed by atoms with Crippen LogP contribution in [0.15, 0.2) is 60.9 Å². The zero-order valence-electron chi connectivity index (χ0n) is 17.5. The summed E-state index contributed by atoms with van der Waals surface area (Å²) in [5, 5.41) is 8.96. The van der Waals surface area contributed by atoms with Gasteiger partial charge in [0.2, 0.25) is 5.95 Å². The van der Waals surface area contributed by atoms with Gasteiger partial charge in [0, 0.05) is 38.4 Å². The Morgan fingerprint density at radius 2 is 1.59 bits per heavy atom. The Hall–Kier alpha value is -3.94. The molecule has 8 nitrogen and oxygen atoms in total. The summed E-state index contributed by atoms with van der Waals surface area (Å²) in [6.07, 6.45) is 2.23. The van der Waals surface area contributed by atoms with Gasteiger partial charge in [-0.05, 0) is 22.3 Å². The molecule has 1 fully saturated rings. The molecule has 8 heteroatoms. The van der Waals surface area contributed by atoms with Crippen LogP contribution in [0.1, 0.15) is 27.4 Å². The van der Waals surface area contributed by atoms with Gasteiger partial charge in [-0.3, -0.25) is 0 Å². The lowest BCUT2D eigenvalue weighted by molar-refractivity contribution is 0.0684. The zero-order chi connectivity index (χ0) is 22.2. The largest absolute Gasteiger partial charge is 0.478 e. The number of benzene rings is 2. The summed E-state index contributed by atoms with van der Waals surface area (Å²) < 4.78 is 5.69. The van der Waals surface area contributed by atoms with E-state index in [-0.39, 0.29) is 23.6 Å². The number of carboxylic acid groups (broad SMARTS) is 1. The van der Waals surface area contributed by atoms with Crippen LogP contribution in [-0.2, 0) is 4.74 Å². The summed E-state index contributed by atoms with van der Waals surface area (Å²) in [6.45, 7) is 1.29. The molecule has 1 N–H and O–H groups in total. The van der Waals surface area contributed by atoms with Crippen molar-refractivity contribution in [2.75, 3.05) is 31.6 Å². The van der Waals surface area contributed by atoms with E-state index in [2.05, 4.69) is 34.2 Å². The van der Waals surface area contributed by atoms with E-state index < -0.39 is 5.97 Å². The van der Waals surface area contributed by atoms with Crippen molar-refractivity contribution in [3.63, 3.8) is 0 Å². The van der Waals surface area contributed by atoms with Crippen molar-refractivity contribution in [1.82, 2.24) is 14.9 Å². The van der Waals surface area contributed by atoms with E-state index in [9.17, 15) is 9.59 Å². The van der Waals surface area contributed by atoms with Crippen LogP contribution in [0.5, 0.6) is 0 Å². The molecule has 32 heavy (non-hydrogen) atoms. The molecule has 1 aliphatic heterocycles. The van der Waals surface area contributed by atoms with E-state index in [1.807, 2.05) is 36.2 Å². The molecule has 1 aromatic heterocycles. The van der Waals surface area contributed by atoms with Crippen LogP contribution in [0.25, 0.3) is 11.1 Å². The Bertz CT molecular complexity index is 1130. The summed E-state index contributed by atoms with van der Waals surface area (Å²) in [4.78, 5) is 35.3. The Labute approximate surface area is 185 Å². The summed E-state index contributed by atoms with van der Waals surface area (Å²) >= 11 is 0. The van der Waals surface area contributed by atoms with Crippen molar-refractivity contribution in [1.29, 1.82) is 0 Å². The Morgan fingerprint density at radius 3 is 2.16 bits per heavy atom. The molecule has 0 bridgehead atoms. The molecule has 0 unspecified atom stereocenters. The number of aromatic nitrogens is 2. The topological polar surface area (TPSA) is 95.9 Å². The minimum absolute atomic E-state index is 0.0345. The predicted octanol–water partition coefficient (Wildman–Crippen LogP) is 3.24. The van der Waals surface area contributed by atoms with Gasteiger partial charge >= 0.3 is 12.1 Å². The van der Waals surface area contributed by atoms with Crippen LogP contribution in [0, 0.1) is 0 Å². The standard InChI is InChI=1S/C24H22N4O4/c1-27(23-25-10-15(11-26-23)22(29)30)16-12-28(13-16)24(31)32-14-21-19-8-4-2-6-17(19)18-7-3-5-9-20(18)21/h2-11,16,21H,12-14H2,1H3,(H,29,30). The average molecular weight is 430 g/mol. The van der Waals surface area contributed by atoms with Gasteiger partial charge in [-0.1, -0.05) is 48.5 Å². The van der Waals surface area contributed by atoms with Crippen molar-refractivity contribution in [3.8, 4) is 11.1 Å². The maximum absolute atomic E-state index is 12.6. The number of rotatable bonds is 5. The number of hydrogen-bond donors (Lipinski definition) is 1. The fourth-order valence-electron chi connectivity index (χ4n) is 4.31. The molecule has 0 saturated carbocycles. The number of hydrogen-bond acceptors (Lipinski definition) is 6. The number of carbonyl (C=O) groups excluding carboxylic acids is 1. The second kappa shape index (κ2) is 7.96. The summed E-state index contributed by atoms with van der Waals surface area (Å²) in [7, 11) is 1.83. The van der Waals surface area contributed by atoms with Gasteiger partial charge in [-0.25, -0.2) is 19.6 Å². The lowest BCUT2D eigenvalue weighted by atomic mass is 9.98. The lowest BCUT2D eigenvalue weighted by Gasteiger charge is -2.43. The van der Waals surface area contributed by atoms with Crippen LogP contribution >= 0.6 is 0 Å². The first kappa shape index (κ1) is 20.0. The maximum Gasteiger partial charge on any atom is 0.409 e. The molecule has 2 aromatic carbocycles.